The van der Waals surface area contributed by atoms with Gasteiger partial charge in [-0.15, -0.1) is 0 Å². The zero-order chi connectivity index (χ0) is 8.15. The molecule has 0 radical (unpaired) electrons. The van der Waals surface area contributed by atoms with Crippen molar-refractivity contribution < 1.29 is 15.0 Å². The van der Waals surface area contributed by atoms with Crippen molar-refractivity contribution in [1.29, 1.82) is 0 Å². The summed E-state index contributed by atoms with van der Waals surface area (Å²) in [5.41, 5.74) is 0. The highest BCUT2D eigenvalue weighted by molar-refractivity contribution is 14.1. The van der Waals surface area contributed by atoms with Crippen LogP contribution >= 0.6 is 22.9 Å². The summed E-state index contributed by atoms with van der Waals surface area (Å²) in [6.07, 6.45) is -0.833. The molecule has 0 heterocycles. The first-order valence-electron chi connectivity index (χ1n) is 2.80. The van der Waals surface area contributed by atoms with Crippen molar-refractivity contribution in [2.45, 2.75) is 13.0 Å². The Morgan fingerprint density at radius 3 is 2.60 bits per heavy atom. The second kappa shape index (κ2) is 4.86. The van der Waals surface area contributed by atoms with E-state index in [1.807, 2.05) is 0 Å². The molecule has 5 heteroatoms. The zero-order valence-corrected chi connectivity index (χ0v) is 7.78. The van der Waals surface area contributed by atoms with Crippen LogP contribution in [0.1, 0.15) is 6.92 Å². The fraction of sp³-hybridized carbons (Fsp3) is 0.800. The van der Waals surface area contributed by atoms with Gasteiger partial charge in [0, 0.05) is 6.92 Å². The summed E-state index contributed by atoms with van der Waals surface area (Å²) in [7, 11) is 0. The Morgan fingerprint density at radius 1 is 1.80 bits per heavy atom. The number of rotatable bonds is 3. The lowest BCUT2D eigenvalue weighted by atomic mass is 10.4. The monoisotopic (exact) mass is 259 g/mol. The molecule has 2 N–H and O–H groups in total. The van der Waals surface area contributed by atoms with E-state index in [0.717, 1.165) is 0 Å². The van der Waals surface area contributed by atoms with Crippen LogP contribution < -0.4 is 0 Å². The predicted octanol–water partition coefficient (Wildman–Crippen LogP) is -0.462. The largest absolute Gasteiger partial charge is 0.394 e. The SMILES string of the molecule is CC(=O)N(I)CC(O)CO. The smallest absolute Gasteiger partial charge is 0.228 e. The van der Waals surface area contributed by atoms with Gasteiger partial charge in [0.1, 0.15) is 0 Å². The van der Waals surface area contributed by atoms with Gasteiger partial charge in [-0.25, -0.2) is 0 Å². The Bertz CT molecular complexity index is 119. The van der Waals surface area contributed by atoms with Crippen LogP contribution in [0.3, 0.4) is 0 Å². The Balaban J connectivity index is 3.56. The highest BCUT2D eigenvalue weighted by atomic mass is 127. The molecular formula is C5H10INO3. The van der Waals surface area contributed by atoms with Crippen molar-refractivity contribution in [1.82, 2.24) is 3.11 Å². The molecule has 0 spiro atoms. The van der Waals surface area contributed by atoms with Crippen molar-refractivity contribution in [3.05, 3.63) is 0 Å². The third-order valence-electron chi connectivity index (χ3n) is 0.923. The van der Waals surface area contributed by atoms with Crippen LogP contribution in [0.2, 0.25) is 0 Å². The van der Waals surface area contributed by atoms with Crippen molar-refractivity contribution >= 4 is 28.8 Å². The van der Waals surface area contributed by atoms with Gasteiger partial charge in [0.05, 0.1) is 42.1 Å². The quantitative estimate of drug-likeness (QED) is 0.532. The minimum absolute atomic E-state index is 0.131. The minimum atomic E-state index is -0.833. The molecule has 0 aliphatic heterocycles. The van der Waals surface area contributed by atoms with Gasteiger partial charge < -0.3 is 10.2 Å². The summed E-state index contributed by atoms with van der Waals surface area (Å²) in [6, 6.07) is 0. The van der Waals surface area contributed by atoms with Crippen molar-refractivity contribution in [3.63, 3.8) is 0 Å². The maximum Gasteiger partial charge on any atom is 0.228 e. The fourth-order valence-electron chi connectivity index (χ4n) is 0.371. The zero-order valence-electron chi connectivity index (χ0n) is 5.62. The molecule has 0 fully saturated rings. The van der Waals surface area contributed by atoms with Crippen LogP contribution in [-0.2, 0) is 4.79 Å². The number of carbonyl (C=O) groups is 1. The number of aliphatic hydroxyl groups excluding tert-OH is 2. The molecule has 10 heavy (non-hydrogen) atoms. The number of nitrogens with zero attached hydrogens (tertiary/aromatic N) is 1. The van der Waals surface area contributed by atoms with Crippen LogP contribution in [0.4, 0.5) is 0 Å². The lowest BCUT2D eigenvalue weighted by molar-refractivity contribution is -0.123. The molecule has 0 aliphatic rings. The van der Waals surface area contributed by atoms with Gasteiger partial charge in [0.15, 0.2) is 0 Å². The van der Waals surface area contributed by atoms with Gasteiger partial charge in [-0.1, -0.05) is 0 Å². The molecule has 0 saturated carbocycles. The van der Waals surface area contributed by atoms with E-state index in [1.165, 1.54) is 10.0 Å². The van der Waals surface area contributed by atoms with Crippen LogP contribution in [0.25, 0.3) is 0 Å². The fourth-order valence-corrected chi connectivity index (χ4v) is 0.826. The van der Waals surface area contributed by atoms with Gasteiger partial charge in [-0.05, 0) is 0 Å². The first-order chi connectivity index (χ1) is 4.57. The van der Waals surface area contributed by atoms with Crippen molar-refractivity contribution in [2.24, 2.45) is 0 Å². The maximum atomic E-state index is 10.5. The predicted molar refractivity (Wildman–Crippen MR) is 44.5 cm³/mol. The summed E-state index contributed by atoms with van der Waals surface area (Å²) >= 11 is 1.78. The standard InChI is InChI=1S/C5H10INO3/c1-4(9)7(6)2-5(10)3-8/h5,8,10H,2-3H2,1H3. The number of hydrogen-bond acceptors (Lipinski definition) is 3. The number of carbonyl (C=O) groups excluding carboxylic acids is 1. The molecule has 60 valence electrons. The normalized spacial score (nSPS) is 12.8. The van der Waals surface area contributed by atoms with E-state index in [-0.39, 0.29) is 19.1 Å². The molecule has 0 bridgehead atoms. The van der Waals surface area contributed by atoms with Gasteiger partial charge in [-0.2, -0.15) is 0 Å². The van der Waals surface area contributed by atoms with E-state index < -0.39 is 6.10 Å². The summed E-state index contributed by atoms with van der Waals surface area (Å²) in [5, 5.41) is 17.2. The first-order valence-corrected chi connectivity index (χ1v) is 3.77. The van der Waals surface area contributed by atoms with Crippen LogP contribution in [-0.4, -0.2) is 38.5 Å². The van der Waals surface area contributed by atoms with E-state index in [2.05, 4.69) is 0 Å². The Morgan fingerprint density at radius 2 is 2.30 bits per heavy atom. The van der Waals surface area contributed by atoms with Gasteiger partial charge in [0.2, 0.25) is 5.91 Å². The molecule has 0 aliphatic carbocycles. The highest BCUT2D eigenvalue weighted by Gasteiger charge is 2.09. The Labute approximate surface area is 73.3 Å². The Hall–Kier alpha value is 0.120. The summed E-state index contributed by atoms with van der Waals surface area (Å²) in [4.78, 5) is 10.5. The first kappa shape index (κ1) is 10.1. The maximum absolute atomic E-state index is 10.5. The molecule has 4 nitrogen and oxygen atoms in total. The molecule has 1 unspecified atom stereocenters. The average Bonchev–Trinajstić information content (AvgIpc) is 1.87. The van der Waals surface area contributed by atoms with E-state index in [0.29, 0.717) is 0 Å². The van der Waals surface area contributed by atoms with Crippen LogP contribution in [0.5, 0.6) is 0 Å². The molecule has 0 aromatic rings. The third kappa shape index (κ3) is 4.02. The molecule has 1 amide bonds. The van der Waals surface area contributed by atoms with Crippen molar-refractivity contribution in [3.8, 4) is 0 Å². The Kier molecular flexibility index (Phi) is 4.92. The second-order valence-electron chi connectivity index (χ2n) is 1.90. The average molecular weight is 259 g/mol. The topological polar surface area (TPSA) is 60.8 Å². The van der Waals surface area contributed by atoms with E-state index in [4.69, 9.17) is 10.2 Å². The minimum Gasteiger partial charge on any atom is -0.394 e. The number of halogens is 1. The molecule has 0 saturated heterocycles. The van der Waals surface area contributed by atoms with E-state index in [1.54, 1.807) is 22.9 Å². The van der Waals surface area contributed by atoms with Crippen LogP contribution in [0, 0.1) is 0 Å². The lowest BCUT2D eigenvalue weighted by Crippen LogP contribution is -2.30. The summed E-state index contributed by atoms with van der Waals surface area (Å²) in [5.74, 6) is -0.131. The van der Waals surface area contributed by atoms with Crippen LogP contribution in [0.15, 0.2) is 0 Å². The second-order valence-corrected chi connectivity index (χ2v) is 3.06. The van der Waals surface area contributed by atoms with Gasteiger partial charge in [-0.3, -0.25) is 7.91 Å². The van der Waals surface area contributed by atoms with E-state index >= 15 is 0 Å². The molecule has 0 rings (SSSR count). The lowest BCUT2D eigenvalue weighted by Gasteiger charge is -2.14. The highest BCUT2D eigenvalue weighted by Crippen LogP contribution is 2.00. The molecule has 1 atom stereocenters. The summed E-state index contributed by atoms with van der Waals surface area (Å²) in [6.45, 7) is 1.26. The van der Waals surface area contributed by atoms with Gasteiger partial charge in [0.25, 0.3) is 0 Å². The summed E-state index contributed by atoms with van der Waals surface area (Å²) < 4.78 is 1.32. The molecular weight excluding hydrogens is 249 g/mol. The number of hydrogen-bond donors (Lipinski definition) is 2. The number of aliphatic hydroxyl groups is 2. The van der Waals surface area contributed by atoms with E-state index in [9.17, 15) is 4.79 Å². The number of amides is 1. The third-order valence-corrected chi connectivity index (χ3v) is 2.00. The van der Waals surface area contributed by atoms with Gasteiger partial charge >= 0.3 is 0 Å². The van der Waals surface area contributed by atoms with Crippen molar-refractivity contribution in [2.75, 3.05) is 13.2 Å². The molecule has 0 aromatic heterocycles. The molecule has 0 aromatic carbocycles.